The number of hydrogen-bond donors (Lipinski definition) is 0. The summed E-state index contributed by atoms with van der Waals surface area (Å²) in [5, 5.41) is 9.53. The van der Waals surface area contributed by atoms with E-state index in [1.54, 1.807) is 0 Å². The van der Waals surface area contributed by atoms with Crippen molar-refractivity contribution in [2.45, 2.75) is 31.6 Å². The third-order valence-electron chi connectivity index (χ3n) is 3.02. The van der Waals surface area contributed by atoms with E-state index in [-0.39, 0.29) is 6.61 Å². The first kappa shape index (κ1) is 15.7. The average Bonchev–Trinajstić information content (AvgIpc) is 2.40. The maximum atomic E-state index is 11.2. The predicted molar refractivity (Wildman–Crippen MR) is 74.1 cm³/mol. The van der Waals surface area contributed by atoms with Gasteiger partial charge in [-0.3, -0.25) is 4.18 Å². The Morgan fingerprint density at radius 1 is 1.32 bits per heavy atom. The Hall–Kier alpha value is -1.38. The van der Waals surface area contributed by atoms with Crippen molar-refractivity contribution in [3.8, 4) is 6.07 Å². The first-order valence-corrected chi connectivity index (χ1v) is 8.06. The summed E-state index contributed by atoms with van der Waals surface area (Å²) in [7, 11) is -3.55. The molecule has 0 radical (unpaired) electrons. The molecule has 0 saturated carbocycles. The van der Waals surface area contributed by atoms with E-state index in [1.807, 2.05) is 37.3 Å². The van der Waals surface area contributed by atoms with Gasteiger partial charge in [0.05, 0.1) is 18.9 Å². The Kier molecular flexibility index (Phi) is 5.52. The maximum Gasteiger partial charge on any atom is 0.264 e. The summed E-state index contributed by atoms with van der Waals surface area (Å²) in [6.45, 7) is 1.90. The molecule has 0 aliphatic rings. The van der Waals surface area contributed by atoms with Crippen molar-refractivity contribution < 1.29 is 12.6 Å². The molecular weight excluding hydrogens is 262 g/mol. The van der Waals surface area contributed by atoms with Crippen LogP contribution in [0.3, 0.4) is 0 Å². The number of nitrogens with zero attached hydrogens (tertiary/aromatic N) is 1. The highest BCUT2D eigenvalue weighted by Gasteiger charge is 2.33. The molecule has 0 N–H and O–H groups in total. The number of unbranched alkanes of at least 4 members (excludes halogenated alkanes) is 1. The van der Waals surface area contributed by atoms with E-state index in [4.69, 9.17) is 4.18 Å². The first-order chi connectivity index (χ1) is 8.93. The lowest BCUT2D eigenvalue weighted by Gasteiger charge is -2.26. The molecule has 0 spiro atoms. The van der Waals surface area contributed by atoms with Crippen molar-refractivity contribution in [1.29, 1.82) is 5.26 Å². The molecule has 1 unspecified atom stereocenters. The van der Waals surface area contributed by atoms with Gasteiger partial charge in [-0.15, -0.1) is 0 Å². The summed E-state index contributed by atoms with van der Waals surface area (Å²) in [4.78, 5) is 0. The second-order valence-corrected chi connectivity index (χ2v) is 6.27. The van der Waals surface area contributed by atoms with Crippen molar-refractivity contribution in [3.05, 3.63) is 35.9 Å². The van der Waals surface area contributed by atoms with Crippen LogP contribution in [0.1, 0.15) is 31.7 Å². The van der Waals surface area contributed by atoms with Crippen LogP contribution in [-0.2, 0) is 19.7 Å². The fourth-order valence-electron chi connectivity index (χ4n) is 1.90. The van der Waals surface area contributed by atoms with Gasteiger partial charge in [0.25, 0.3) is 10.1 Å². The lowest BCUT2D eigenvalue weighted by atomic mass is 9.78. The van der Waals surface area contributed by atoms with Crippen LogP contribution in [0, 0.1) is 11.3 Å². The second-order valence-electron chi connectivity index (χ2n) is 4.63. The smallest absolute Gasteiger partial charge is 0.264 e. The molecule has 4 nitrogen and oxygen atoms in total. The van der Waals surface area contributed by atoms with Gasteiger partial charge >= 0.3 is 0 Å². The van der Waals surface area contributed by atoms with Crippen LogP contribution in [0.25, 0.3) is 0 Å². The van der Waals surface area contributed by atoms with E-state index in [9.17, 15) is 13.7 Å². The lowest BCUT2D eigenvalue weighted by Crippen LogP contribution is -2.31. The standard InChI is InChI=1S/C14H19NO3S/c1-3-4-10-14(11-15,12-18-19(2,16)17)13-8-6-5-7-9-13/h5-9H,3-4,10,12H2,1-2H3. The Morgan fingerprint density at radius 3 is 2.42 bits per heavy atom. The minimum atomic E-state index is -3.55. The Balaban J connectivity index is 3.05. The van der Waals surface area contributed by atoms with Crippen LogP contribution < -0.4 is 0 Å². The third-order valence-corrected chi connectivity index (χ3v) is 3.56. The van der Waals surface area contributed by atoms with Crippen LogP contribution in [0.4, 0.5) is 0 Å². The molecule has 0 amide bonds. The monoisotopic (exact) mass is 281 g/mol. The second kappa shape index (κ2) is 6.69. The highest BCUT2D eigenvalue weighted by Crippen LogP contribution is 2.30. The van der Waals surface area contributed by atoms with E-state index in [1.165, 1.54) is 0 Å². The van der Waals surface area contributed by atoms with Crippen molar-refractivity contribution in [2.24, 2.45) is 0 Å². The quantitative estimate of drug-likeness (QED) is 0.720. The van der Waals surface area contributed by atoms with Gasteiger partial charge in [0.2, 0.25) is 0 Å². The summed E-state index contributed by atoms with van der Waals surface area (Å²) < 4.78 is 27.2. The molecule has 1 atom stereocenters. The summed E-state index contributed by atoms with van der Waals surface area (Å²) in [5.41, 5.74) is -0.102. The molecule has 1 rings (SSSR count). The zero-order chi connectivity index (χ0) is 14.4. The van der Waals surface area contributed by atoms with Crippen molar-refractivity contribution >= 4 is 10.1 Å². The molecule has 104 valence electrons. The largest absolute Gasteiger partial charge is 0.268 e. The van der Waals surface area contributed by atoms with Crippen molar-refractivity contribution in [3.63, 3.8) is 0 Å². The predicted octanol–water partition coefficient (Wildman–Crippen LogP) is 2.61. The molecule has 0 aliphatic carbocycles. The van der Waals surface area contributed by atoms with E-state index in [0.717, 1.165) is 24.7 Å². The van der Waals surface area contributed by atoms with Gasteiger partial charge in [-0.25, -0.2) is 0 Å². The number of nitriles is 1. The zero-order valence-electron chi connectivity index (χ0n) is 11.3. The number of hydrogen-bond acceptors (Lipinski definition) is 4. The first-order valence-electron chi connectivity index (χ1n) is 6.25. The van der Waals surface area contributed by atoms with Crippen LogP contribution in [0.2, 0.25) is 0 Å². The molecule has 0 saturated heterocycles. The SMILES string of the molecule is CCCCC(C#N)(COS(C)(=O)=O)c1ccccc1. The fraction of sp³-hybridized carbons (Fsp3) is 0.500. The number of benzene rings is 1. The van der Waals surface area contributed by atoms with E-state index in [2.05, 4.69) is 6.07 Å². The summed E-state index contributed by atoms with van der Waals surface area (Å²) in [6.07, 6.45) is 3.37. The maximum absolute atomic E-state index is 11.2. The normalized spacial score (nSPS) is 14.6. The van der Waals surface area contributed by atoms with Crippen molar-refractivity contribution in [1.82, 2.24) is 0 Å². The van der Waals surface area contributed by atoms with E-state index in [0.29, 0.717) is 6.42 Å². The molecule has 0 aromatic heterocycles. The van der Waals surface area contributed by atoms with Gasteiger partial charge in [-0.2, -0.15) is 13.7 Å². The number of rotatable bonds is 7. The van der Waals surface area contributed by atoms with E-state index >= 15 is 0 Å². The third kappa shape index (κ3) is 4.66. The molecule has 0 aliphatic heterocycles. The Bertz CT molecular complexity index is 534. The Morgan fingerprint density at radius 2 is 1.95 bits per heavy atom. The fourth-order valence-corrected chi connectivity index (χ4v) is 2.31. The summed E-state index contributed by atoms with van der Waals surface area (Å²) in [6, 6.07) is 11.5. The van der Waals surface area contributed by atoms with Gasteiger partial charge in [-0.05, 0) is 12.0 Å². The molecule has 1 aromatic rings. The van der Waals surface area contributed by atoms with Gasteiger partial charge in [0.1, 0.15) is 5.41 Å². The molecule has 0 bridgehead atoms. The molecular formula is C14H19NO3S. The van der Waals surface area contributed by atoms with Gasteiger partial charge < -0.3 is 0 Å². The zero-order valence-corrected chi connectivity index (χ0v) is 12.1. The molecule has 0 heterocycles. The Labute approximate surface area is 115 Å². The van der Waals surface area contributed by atoms with Gasteiger partial charge in [-0.1, -0.05) is 50.1 Å². The highest BCUT2D eigenvalue weighted by atomic mass is 32.2. The minimum absolute atomic E-state index is 0.133. The van der Waals surface area contributed by atoms with E-state index < -0.39 is 15.5 Å². The van der Waals surface area contributed by atoms with Crippen LogP contribution in [0.5, 0.6) is 0 Å². The van der Waals surface area contributed by atoms with Gasteiger partial charge in [0.15, 0.2) is 0 Å². The van der Waals surface area contributed by atoms with Crippen molar-refractivity contribution in [2.75, 3.05) is 12.9 Å². The lowest BCUT2D eigenvalue weighted by molar-refractivity contribution is 0.247. The van der Waals surface area contributed by atoms with Crippen LogP contribution in [0.15, 0.2) is 30.3 Å². The summed E-state index contributed by atoms with van der Waals surface area (Å²) in [5.74, 6) is 0. The molecule has 5 heteroatoms. The van der Waals surface area contributed by atoms with Crippen LogP contribution >= 0.6 is 0 Å². The molecule has 0 fully saturated rings. The van der Waals surface area contributed by atoms with Crippen LogP contribution in [-0.4, -0.2) is 21.3 Å². The average molecular weight is 281 g/mol. The minimum Gasteiger partial charge on any atom is -0.268 e. The highest BCUT2D eigenvalue weighted by molar-refractivity contribution is 7.85. The van der Waals surface area contributed by atoms with Gasteiger partial charge in [0, 0.05) is 0 Å². The molecule has 19 heavy (non-hydrogen) atoms. The topological polar surface area (TPSA) is 67.2 Å². The summed E-state index contributed by atoms with van der Waals surface area (Å²) >= 11 is 0. The molecule has 1 aromatic carbocycles.